The lowest BCUT2D eigenvalue weighted by molar-refractivity contribution is -0.127. The molecule has 11 heteroatoms. The fourth-order valence-corrected chi connectivity index (χ4v) is 6.84. The Hall–Kier alpha value is -3.56. The van der Waals surface area contributed by atoms with Crippen LogP contribution >= 0.6 is 46.1 Å². The van der Waals surface area contributed by atoms with Crippen molar-refractivity contribution >= 4 is 58.1 Å². The van der Waals surface area contributed by atoms with Gasteiger partial charge < -0.3 is 14.4 Å². The highest BCUT2D eigenvalue weighted by Gasteiger charge is 2.35. The second kappa shape index (κ2) is 13.6. The summed E-state index contributed by atoms with van der Waals surface area (Å²) < 4.78 is 13.8. The van der Waals surface area contributed by atoms with E-state index in [4.69, 9.17) is 49.3 Å². The van der Waals surface area contributed by atoms with Gasteiger partial charge in [0.15, 0.2) is 4.80 Å². The van der Waals surface area contributed by atoms with Crippen molar-refractivity contribution in [3.63, 3.8) is 0 Å². The Morgan fingerprint density at radius 2 is 1.73 bits per heavy atom. The number of rotatable bonds is 9. The van der Waals surface area contributed by atoms with Gasteiger partial charge in [0.05, 0.1) is 22.9 Å². The normalized spacial score (nSPS) is 14.7. The summed E-state index contributed by atoms with van der Waals surface area (Å²) in [6.45, 7) is 6.89. The van der Waals surface area contributed by atoms with E-state index in [1.165, 1.54) is 11.3 Å². The number of carbonyl (C=O) groups is 1. The van der Waals surface area contributed by atoms with Gasteiger partial charge in [-0.15, -0.1) is 0 Å². The first-order valence-electron chi connectivity index (χ1n) is 14.0. The van der Waals surface area contributed by atoms with Crippen LogP contribution < -0.4 is 24.4 Å². The lowest BCUT2D eigenvalue weighted by Gasteiger charge is -2.29. The zero-order valence-corrected chi connectivity index (χ0v) is 27.7. The van der Waals surface area contributed by atoms with Crippen LogP contribution in [0.2, 0.25) is 15.1 Å². The number of likely N-dealkylation sites (N-methyl/N-ethyl adjacent to an activating group) is 1. The molecule has 0 aliphatic carbocycles. The Kier molecular flexibility index (Phi) is 9.85. The van der Waals surface area contributed by atoms with E-state index in [0.29, 0.717) is 71.4 Å². The minimum Gasteiger partial charge on any atom is -0.496 e. The van der Waals surface area contributed by atoms with Crippen LogP contribution in [0.15, 0.2) is 81.7 Å². The topological polar surface area (TPSA) is 73.1 Å². The van der Waals surface area contributed by atoms with Gasteiger partial charge in [0.2, 0.25) is 0 Å². The number of fused-ring (bicyclic) bond motifs is 1. The molecule has 7 nitrogen and oxygen atoms in total. The van der Waals surface area contributed by atoms with E-state index < -0.39 is 6.04 Å². The number of aromatic nitrogens is 1. The second-order valence-corrected chi connectivity index (χ2v) is 12.3. The molecular weight excluding hydrogens is 641 g/mol. The van der Waals surface area contributed by atoms with Gasteiger partial charge in [0, 0.05) is 44.8 Å². The van der Waals surface area contributed by atoms with Crippen LogP contribution in [-0.4, -0.2) is 35.6 Å². The van der Waals surface area contributed by atoms with Gasteiger partial charge >= 0.3 is 0 Å². The largest absolute Gasteiger partial charge is 0.496 e. The fourth-order valence-electron chi connectivity index (χ4n) is 5.16. The molecule has 1 aliphatic heterocycles. The van der Waals surface area contributed by atoms with Crippen LogP contribution in [0.5, 0.6) is 11.5 Å². The van der Waals surface area contributed by atoms with Crippen LogP contribution in [0.1, 0.15) is 43.5 Å². The molecule has 1 aliphatic rings. The molecule has 3 aromatic carbocycles. The molecule has 2 heterocycles. The van der Waals surface area contributed by atoms with E-state index in [9.17, 15) is 9.59 Å². The Morgan fingerprint density at radius 1 is 1.02 bits per heavy atom. The summed E-state index contributed by atoms with van der Waals surface area (Å²) in [6.07, 6.45) is 1.74. The SMILES string of the molecule is CCN(CC)C(=O)C1=C(C)N=c2s/c(=C/c3cc(Cl)ccc3OCc3ccc(Cl)cc3Cl)c(=O)n2[C@@H]1c1ccccc1OC. The van der Waals surface area contributed by atoms with Crippen molar-refractivity contribution in [2.75, 3.05) is 20.2 Å². The van der Waals surface area contributed by atoms with Crippen LogP contribution in [0.4, 0.5) is 0 Å². The average Bonchev–Trinajstić information content (AvgIpc) is 3.31. The number of thiazole rings is 1. The monoisotopic (exact) mass is 669 g/mol. The number of methoxy groups -OCH3 is 1. The molecule has 0 fully saturated rings. The minimum absolute atomic E-state index is 0.173. The number of nitrogens with zero attached hydrogens (tertiary/aromatic N) is 3. The summed E-state index contributed by atoms with van der Waals surface area (Å²) in [7, 11) is 1.57. The van der Waals surface area contributed by atoms with Gasteiger partial charge in [-0.05, 0) is 63.2 Å². The standard InChI is InChI=1S/C33H30Cl3N3O4S/c1-5-38(6-2)32(41)29-19(3)37-33-39(30(29)24-9-7-8-10-27(24)42-4)31(40)28(44-33)16-21-15-22(34)13-14-26(21)43-18-20-11-12-23(35)17-25(20)36/h7-17,30H,5-6,18H2,1-4H3/b28-16+/t30-/m1/s1. The molecule has 0 saturated heterocycles. The molecule has 44 heavy (non-hydrogen) atoms. The summed E-state index contributed by atoms with van der Waals surface area (Å²) in [5.41, 5.74) is 2.75. The zero-order chi connectivity index (χ0) is 31.5. The molecule has 0 spiro atoms. The number of benzene rings is 3. The summed E-state index contributed by atoms with van der Waals surface area (Å²) in [5, 5.41) is 1.50. The third-order valence-corrected chi connectivity index (χ3v) is 9.20. The molecular formula is C33H30Cl3N3O4S. The molecule has 1 aromatic heterocycles. The number of carbonyl (C=O) groups excluding carboxylic acids is 1. The van der Waals surface area contributed by atoms with Crippen molar-refractivity contribution in [3.05, 3.63) is 123 Å². The van der Waals surface area contributed by atoms with E-state index in [2.05, 4.69) is 0 Å². The molecule has 4 aromatic rings. The van der Waals surface area contributed by atoms with E-state index in [-0.39, 0.29) is 18.1 Å². The maximum atomic E-state index is 14.2. The number of para-hydroxylation sites is 1. The molecule has 1 amide bonds. The predicted molar refractivity (Wildman–Crippen MR) is 177 cm³/mol. The molecule has 0 saturated carbocycles. The smallest absolute Gasteiger partial charge is 0.271 e. The Bertz CT molecular complexity index is 1950. The van der Waals surface area contributed by atoms with Gasteiger partial charge in [0.1, 0.15) is 24.1 Å². The summed E-state index contributed by atoms with van der Waals surface area (Å²) in [5.74, 6) is 0.909. The predicted octanol–water partition coefficient (Wildman–Crippen LogP) is 6.65. The summed E-state index contributed by atoms with van der Waals surface area (Å²) >= 11 is 20.0. The van der Waals surface area contributed by atoms with Crippen molar-refractivity contribution in [2.24, 2.45) is 4.99 Å². The van der Waals surface area contributed by atoms with Gasteiger partial charge in [-0.25, -0.2) is 4.99 Å². The van der Waals surface area contributed by atoms with E-state index >= 15 is 0 Å². The highest BCUT2D eigenvalue weighted by molar-refractivity contribution is 7.07. The van der Waals surface area contributed by atoms with Crippen LogP contribution in [0.3, 0.4) is 0 Å². The average molecular weight is 671 g/mol. The van der Waals surface area contributed by atoms with E-state index in [1.54, 1.807) is 66.0 Å². The van der Waals surface area contributed by atoms with E-state index in [0.717, 1.165) is 5.56 Å². The Morgan fingerprint density at radius 3 is 2.43 bits per heavy atom. The highest BCUT2D eigenvalue weighted by atomic mass is 35.5. The van der Waals surface area contributed by atoms with Crippen LogP contribution in [0, 0.1) is 0 Å². The van der Waals surface area contributed by atoms with Gasteiger partial charge in [-0.3, -0.25) is 14.2 Å². The minimum atomic E-state index is -0.736. The molecule has 5 rings (SSSR count). The van der Waals surface area contributed by atoms with E-state index in [1.807, 2.05) is 38.1 Å². The number of amides is 1. The van der Waals surface area contributed by atoms with Crippen molar-refractivity contribution in [3.8, 4) is 11.5 Å². The number of hydrogen-bond acceptors (Lipinski definition) is 6. The summed E-state index contributed by atoms with van der Waals surface area (Å²) in [4.78, 5) is 35.1. The lowest BCUT2D eigenvalue weighted by Crippen LogP contribution is -2.43. The second-order valence-electron chi connectivity index (χ2n) is 10.0. The van der Waals surface area contributed by atoms with Crippen LogP contribution in [0.25, 0.3) is 6.08 Å². The third-order valence-electron chi connectivity index (χ3n) is 7.39. The van der Waals surface area contributed by atoms with Crippen molar-refractivity contribution in [2.45, 2.75) is 33.4 Å². The number of halogens is 3. The molecule has 0 radical (unpaired) electrons. The van der Waals surface area contributed by atoms with Crippen molar-refractivity contribution < 1.29 is 14.3 Å². The Labute approximate surface area is 274 Å². The van der Waals surface area contributed by atoms with Crippen molar-refractivity contribution in [1.82, 2.24) is 9.47 Å². The fraction of sp³-hybridized carbons (Fsp3) is 0.242. The summed E-state index contributed by atoms with van der Waals surface area (Å²) in [6, 6.07) is 17.1. The van der Waals surface area contributed by atoms with Gasteiger partial charge in [-0.2, -0.15) is 0 Å². The van der Waals surface area contributed by atoms with Crippen LogP contribution in [-0.2, 0) is 11.4 Å². The zero-order valence-electron chi connectivity index (χ0n) is 24.6. The molecule has 0 unspecified atom stereocenters. The molecule has 1 atom stereocenters. The first-order chi connectivity index (χ1) is 21.2. The van der Waals surface area contributed by atoms with Crippen molar-refractivity contribution in [1.29, 1.82) is 0 Å². The first kappa shape index (κ1) is 31.9. The van der Waals surface area contributed by atoms with Gasteiger partial charge in [0.25, 0.3) is 11.5 Å². The number of hydrogen-bond donors (Lipinski definition) is 0. The Balaban J connectivity index is 1.65. The number of allylic oxidation sites excluding steroid dienone is 1. The quantitative estimate of drug-likeness (QED) is 0.200. The molecule has 0 N–H and O–H groups in total. The maximum absolute atomic E-state index is 14.2. The molecule has 0 bridgehead atoms. The maximum Gasteiger partial charge on any atom is 0.271 e. The first-order valence-corrected chi connectivity index (χ1v) is 15.9. The van der Waals surface area contributed by atoms with Gasteiger partial charge in [-0.1, -0.05) is 70.4 Å². The number of ether oxygens (including phenoxy) is 2. The lowest BCUT2D eigenvalue weighted by atomic mass is 9.94. The molecule has 228 valence electrons. The third kappa shape index (κ3) is 6.31. The highest BCUT2D eigenvalue weighted by Crippen LogP contribution is 2.36.